The van der Waals surface area contributed by atoms with E-state index in [1.165, 1.54) is 18.5 Å². The molecule has 1 heterocycles. The lowest BCUT2D eigenvalue weighted by atomic mass is 9.98. The maximum absolute atomic E-state index is 6.27. The Kier molecular flexibility index (Phi) is 3.21. The Hall–Kier alpha value is -0.960. The van der Waals surface area contributed by atoms with E-state index in [1.807, 2.05) is 6.92 Å². The van der Waals surface area contributed by atoms with Crippen molar-refractivity contribution in [3.63, 3.8) is 0 Å². The molecule has 0 radical (unpaired) electrons. The fraction of sp³-hybridized carbons (Fsp3) is 0.714. The van der Waals surface area contributed by atoms with E-state index in [-0.39, 0.29) is 0 Å². The molecule has 1 aliphatic rings. The fourth-order valence-electron chi connectivity index (χ4n) is 1.78. The molecule has 1 aliphatic carbocycles. The number of nitrogens with zero attached hydrogens (tertiary/aromatic N) is 2. The molecule has 3 nitrogen and oxygen atoms in total. The summed E-state index contributed by atoms with van der Waals surface area (Å²) in [5.41, 5.74) is 8.19. The second kappa shape index (κ2) is 4.37. The quantitative estimate of drug-likeness (QED) is 0.869. The van der Waals surface area contributed by atoms with Crippen LogP contribution in [-0.4, -0.2) is 9.97 Å². The van der Waals surface area contributed by atoms with Crippen LogP contribution in [-0.2, 0) is 5.54 Å². The van der Waals surface area contributed by atoms with Gasteiger partial charge in [0.25, 0.3) is 0 Å². The van der Waals surface area contributed by atoms with E-state index >= 15 is 0 Å². The Morgan fingerprint density at radius 1 is 1.41 bits per heavy atom. The van der Waals surface area contributed by atoms with Gasteiger partial charge < -0.3 is 5.73 Å². The Morgan fingerprint density at radius 3 is 2.53 bits per heavy atom. The highest BCUT2D eigenvalue weighted by Gasteiger charge is 2.29. The lowest BCUT2D eigenvalue weighted by Gasteiger charge is -2.22. The minimum absolute atomic E-state index is 0.408. The average molecular weight is 233 g/mol. The molecule has 3 heteroatoms. The molecule has 1 saturated carbocycles. The Balaban J connectivity index is 2.44. The molecule has 17 heavy (non-hydrogen) atoms. The third kappa shape index (κ3) is 2.65. The summed E-state index contributed by atoms with van der Waals surface area (Å²) in [5.74, 6) is 1.90. The van der Waals surface area contributed by atoms with E-state index < -0.39 is 5.54 Å². The number of hydrogen-bond acceptors (Lipinski definition) is 3. The van der Waals surface area contributed by atoms with Gasteiger partial charge in [-0.2, -0.15) is 0 Å². The summed E-state index contributed by atoms with van der Waals surface area (Å²) >= 11 is 0. The lowest BCUT2D eigenvalue weighted by Crippen LogP contribution is -2.35. The highest BCUT2D eigenvalue weighted by atomic mass is 15.0. The molecule has 2 rings (SSSR count). The van der Waals surface area contributed by atoms with Crippen molar-refractivity contribution in [3.8, 4) is 0 Å². The normalized spacial score (nSPS) is 19.4. The van der Waals surface area contributed by atoms with Gasteiger partial charge in [-0.3, -0.25) is 0 Å². The van der Waals surface area contributed by atoms with Crippen LogP contribution in [0.2, 0.25) is 0 Å². The van der Waals surface area contributed by atoms with Crippen LogP contribution in [0, 0.1) is 0 Å². The Labute approximate surface area is 104 Å². The van der Waals surface area contributed by atoms with Crippen molar-refractivity contribution in [1.29, 1.82) is 0 Å². The minimum atomic E-state index is -0.408. The zero-order chi connectivity index (χ0) is 12.6. The predicted molar refractivity (Wildman–Crippen MR) is 69.9 cm³/mol. The van der Waals surface area contributed by atoms with Crippen molar-refractivity contribution >= 4 is 0 Å². The molecule has 0 spiro atoms. The van der Waals surface area contributed by atoms with Crippen LogP contribution in [0.15, 0.2) is 6.07 Å². The van der Waals surface area contributed by atoms with Gasteiger partial charge in [-0.1, -0.05) is 20.8 Å². The van der Waals surface area contributed by atoms with Crippen molar-refractivity contribution in [2.24, 2.45) is 5.73 Å². The summed E-state index contributed by atoms with van der Waals surface area (Å²) in [7, 11) is 0. The van der Waals surface area contributed by atoms with Gasteiger partial charge in [0, 0.05) is 17.3 Å². The predicted octanol–water partition coefficient (Wildman–Crippen LogP) is 3.06. The molecule has 0 aliphatic heterocycles. The summed E-state index contributed by atoms with van der Waals surface area (Å²) in [6.45, 7) is 8.44. The largest absolute Gasteiger partial charge is 0.319 e. The van der Waals surface area contributed by atoms with Gasteiger partial charge in [-0.25, -0.2) is 9.97 Å². The molecular formula is C14H23N3. The van der Waals surface area contributed by atoms with Crippen molar-refractivity contribution in [3.05, 3.63) is 23.3 Å². The first-order valence-electron chi connectivity index (χ1n) is 6.62. The average Bonchev–Trinajstić information content (AvgIpc) is 3.12. The van der Waals surface area contributed by atoms with Crippen molar-refractivity contribution in [1.82, 2.24) is 9.97 Å². The maximum Gasteiger partial charge on any atom is 0.148 e. The van der Waals surface area contributed by atoms with E-state index in [1.54, 1.807) is 0 Å². The summed E-state index contributed by atoms with van der Waals surface area (Å²) in [6, 6.07) is 2.16. The monoisotopic (exact) mass is 233 g/mol. The zero-order valence-corrected chi connectivity index (χ0v) is 11.3. The minimum Gasteiger partial charge on any atom is -0.319 e. The number of aromatic nitrogens is 2. The van der Waals surface area contributed by atoms with E-state index in [9.17, 15) is 0 Å². The highest BCUT2D eigenvalue weighted by molar-refractivity contribution is 5.23. The Morgan fingerprint density at radius 2 is 2.06 bits per heavy atom. The van der Waals surface area contributed by atoms with Gasteiger partial charge >= 0.3 is 0 Å². The van der Waals surface area contributed by atoms with Gasteiger partial charge in [-0.05, 0) is 38.2 Å². The van der Waals surface area contributed by atoms with Gasteiger partial charge in [0.15, 0.2) is 0 Å². The van der Waals surface area contributed by atoms with Gasteiger partial charge in [-0.15, -0.1) is 0 Å². The molecule has 1 aromatic heterocycles. The smallest absolute Gasteiger partial charge is 0.148 e. The second-order valence-electron chi connectivity index (χ2n) is 5.74. The number of hydrogen-bond donors (Lipinski definition) is 1. The topological polar surface area (TPSA) is 51.8 Å². The molecule has 1 fully saturated rings. The van der Waals surface area contributed by atoms with Crippen molar-refractivity contribution in [2.45, 2.75) is 64.3 Å². The SMILES string of the molecule is CCC(C)(N)c1nc(C(C)C)cc(C2CC2)n1. The van der Waals surface area contributed by atoms with E-state index in [0.717, 1.165) is 17.9 Å². The van der Waals surface area contributed by atoms with Crippen LogP contribution in [0.3, 0.4) is 0 Å². The van der Waals surface area contributed by atoms with Crippen LogP contribution in [0.5, 0.6) is 0 Å². The van der Waals surface area contributed by atoms with Crippen LogP contribution < -0.4 is 5.73 Å². The second-order valence-corrected chi connectivity index (χ2v) is 5.74. The first-order chi connectivity index (χ1) is 7.94. The van der Waals surface area contributed by atoms with Crippen LogP contribution in [0.25, 0.3) is 0 Å². The zero-order valence-electron chi connectivity index (χ0n) is 11.3. The molecule has 2 N–H and O–H groups in total. The first kappa shape index (κ1) is 12.5. The summed E-state index contributed by atoms with van der Waals surface area (Å²) in [6.07, 6.45) is 3.39. The summed E-state index contributed by atoms with van der Waals surface area (Å²) in [4.78, 5) is 9.33. The number of nitrogens with two attached hydrogens (primary N) is 1. The van der Waals surface area contributed by atoms with E-state index in [0.29, 0.717) is 11.8 Å². The summed E-state index contributed by atoms with van der Waals surface area (Å²) in [5, 5.41) is 0. The van der Waals surface area contributed by atoms with Crippen molar-refractivity contribution < 1.29 is 0 Å². The third-order valence-electron chi connectivity index (χ3n) is 3.60. The van der Waals surface area contributed by atoms with E-state index in [2.05, 4.69) is 36.8 Å². The fourth-order valence-corrected chi connectivity index (χ4v) is 1.78. The molecule has 1 unspecified atom stereocenters. The maximum atomic E-state index is 6.27. The first-order valence-corrected chi connectivity index (χ1v) is 6.62. The molecule has 0 bridgehead atoms. The van der Waals surface area contributed by atoms with E-state index in [4.69, 9.17) is 5.73 Å². The molecule has 0 amide bonds. The van der Waals surface area contributed by atoms with Gasteiger partial charge in [0.1, 0.15) is 5.82 Å². The van der Waals surface area contributed by atoms with Crippen LogP contribution >= 0.6 is 0 Å². The van der Waals surface area contributed by atoms with Crippen LogP contribution in [0.4, 0.5) is 0 Å². The molecule has 1 atom stereocenters. The number of rotatable bonds is 4. The molecule has 94 valence electrons. The Bertz CT molecular complexity index is 386. The molecule has 1 aromatic rings. The standard InChI is InChI=1S/C14H23N3/c1-5-14(4,15)13-16-11(9(2)3)8-12(17-13)10-6-7-10/h8-10H,5-7,15H2,1-4H3. The molecular weight excluding hydrogens is 210 g/mol. The molecule has 0 aromatic carbocycles. The highest BCUT2D eigenvalue weighted by Crippen LogP contribution is 2.40. The molecule has 0 saturated heterocycles. The van der Waals surface area contributed by atoms with Crippen LogP contribution in [0.1, 0.15) is 76.0 Å². The lowest BCUT2D eigenvalue weighted by molar-refractivity contribution is 0.440. The van der Waals surface area contributed by atoms with Gasteiger partial charge in [0.05, 0.1) is 5.54 Å². The van der Waals surface area contributed by atoms with Crippen molar-refractivity contribution in [2.75, 3.05) is 0 Å². The third-order valence-corrected chi connectivity index (χ3v) is 3.60. The van der Waals surface area contributed by atoms with Gasteiger partial charge in [0.2, 0.25) is 0 Å². The summed E-state index contributed by atoms with van der Waals surface area (Å²) < 4.78 is 0.